The van der Waals surface area contributed by atoms with Gasteiger partial charge in [0.1, 0.15) is 5.75 Å². The summed E-state index contributed by atoms with van der Waals surface area (Å²) in [4.78, 5) is 11.5. The smallest absolute Gasteiger partial charge is 0.345 e. The van der Waals surface area contributed by atoms with Crippen molar-refractivity contribution >= 4 is 28.6 Å². The van der Waals surface area contributed by atoms with Crippen LogP contribution < -0.4 is 4.74 Å². The fraction of sp³-hybridized carbons (Fsp3) is 0.278. The molecule has 0 radical (unpaired) electrons. The Morgan fingerprint density at radius 2 is 1.82 bits per heavy atom. The molecule has 2 aromatic rings. The lowest BCUT2D eigenvalue weighted by Crippen LogP contribution is -2.29. The highest BCUT2D eigenvalue weighted by Gasteiger charge is 2.21. The van der Waals surface area contributed by atoms with Gasteiger partial charge in [-0.2, -0.15) is 0 Å². The predicted molar refractivity (Wildman–Crippen MR) is 95.6 cm³/mol. The zero-order chi connectivity index (χ0) is 16.3. The van der Waals surface area contributed by atoms with Crippen molar-refractivity contribution in [1.29, 1.82) is 0 Å². The van der Waals surface area contributed by atoms with Crippen LogP contribution in [0.25, 0.3) is 0 Å². The van der Waals surface area contributed by atoms with E-state index in [1.807, 2.05) is 51.1 Å². The van der Waals surface area contributed by atoms with Crippen LogP contribution in [0.4, 0.5) is 0 Å². The van der Waals surface area contributed by atoms with E-state index in [1.165, 1.54) is 0 Å². The highest BCUT2D eigenvalue weighted by molar-refractivity contribution is 14.1. The van der Waals surface area contributed by atoms with Gasteiger partial charge in [-0.3, -0.25) is 0 Å². The van der Waals surface area contributed by atoms with Gasteiger partial charge >= 0.3 is 5.97 Å². The summed E-state index contributed by atoms with van der Waals surface area (Å²) in [6, 6.07) is 11.8. The van der Waals surface area contributed by atoms with E-state index in [0.717, 1.165) is 25.8 Å². The second-order valence-corrected chi connectivity index (χ2v) is 6.73. The Morgan fingerprint density at radius 1 is 1.18 bits per heavy atom. The van der Waals surface area contributed by atoms with Crippen LogP contribution in [-0.2, 0) is 11.2 Å². The first-order valence-corrected chi connectivity index (χ1v) is 8.16. The van der Waals surface area contributed by atoms with Crippen molar-refractivity contribution in [2.45, 2.75) is 33.3 Å². The minimum absolute atomic E-state index is 0.346. The van der Waals surface area contributed by atoms with Crippen molar-refractivity contribution in [3.63, 3.8) is 0 Å². The van der Waals surface area contributed by atoms with E-state index in [2.05, 4.69) is 28.7 Å². The third-order valence-corrected chi connectivity index (χ3v) is 4.36. The molecule has 0 heterocycles. The average Bonchev–Trinajstić information content (AvgIpc) is 2.45. The van der Waals surface area contributed by atoms with Crippen LogP contribution in [-0.4, -0.2) is 17.2 Å². The van der Waals surface area contributed by atoms with E-state index in [1.54, 1.807) is 0 Å². The van der Waals surface area contributed by atoms with Crippen LogP contribution in [0.3, 0.4) is 0 Å². The second-order valence-electron chi connectivity index (χ2n) is 5.48. The fourth-order valence-electron chi connectivity index (χ4n) is 2.29. The van der Waals surface area contributed by atoms with Crippen molar-refractivity contribution in [3.05, 3.63) is 62.2 Å². The van der Waals surface area contributed by atoms with Gasteiger partial charge in [-0.15, -0.1) is 0 Å². The molecule has 0 unspecified atom stereocenters. The summed E-state index contributed by atoms with van der Waals surface area (Å²) in [5.74, 6) is -0.299. The number of ether oxygens (including phenoxy) is 1. The summed E-state index contributed by atoms with van der Waals surface area (Å²) in [6.45, 7) is 5.94. The van der Waals surface area contributed by atoms with Crippen LogP contribution in [0.2, 0.25) is 0 Å². The molecule has 1 N–H and O–H groups in total. The Hall–Kier alpha value is -1.56. The van der Waals surface area contributed by atoms with Gasteiger partial charge in [0.05, 0.1) is 0 Å². The monoisotopic (exact) mass is 410 g/mol. The summed E-state index contributed by atoms with van der Waals surface area (Å²) in [5.41, 5.74) is 4.11. The maximum Gasteiger partial charge on any atom is 0.345 e. The minimum atomic E-state index is -0.947. The Morgan fingerprint density at radius 3 is 2.41 bits per heavy atom. The number of benzene rings is 2. The molecule has 0 aromatic heterocycles. The molecule has 0 aliphatic carbocycles. The number of aryl methyl sites for hydroxylation is 2. The van der Waals surface area contributed by atoms with Crippen molar-refractivity contribution in [3.8, 4) is 5.75 Å². The van der Waals surface area contributed by atoms with Crippen LogP contribution in [0.5, 0.6) is 5.75 Å². The number of hydrogen-bond acceptors (Lipinski definition) is 2. The molecule has 1 atom stereocenters. The van der Waals surface area contributed by atoms with Crippen LogP contribution in [0.15, 0.2) is 36.4 Å². The lowest BCUT2D eigenvalue weighted by molar-refractivity contribution is -0.145. The van der Waals surface area contributed by atoms with E-state index in [9.17, 15) is 9.90 Å². The zero-order valence-electron chi connectivity index (χ0n) is 12.9. The first-order chi connectivity index (χ1) is 10.4. The summed E-state index contributed by atoms with van der Waals surface area (Å²) in [7, 11) is 0. The van der Waals surface area contributed by atoms with Gasteiger partial charge in [0.15, 0.2) is 6.10 Å². The Balaban J connectivity index is 2.22. The molecule has 4 heteroatoms. The zero-order valence-corrected chi connectivity index (χ0v) is 15.0. The third-order valence-electron chi connectivity index (χ3n) is 3.64. The third kappa shape index (κ3) is 4.22. The molecular formula is C18H19IO3. The van der Waals surface area contributed by atoms with Crippen LogP contribution in [0.1, 0.15) is 22.3 Å². The first-order valence-electron chi connectivity index (χ1n) is 7.08. The molecular weight excluding hydrogens is 391 g/mol. The van der Waals surface area contributed by atoms with E-state index in [-0.39, 0.29) is 0 Å². The molecule has 0 spiro atoms. The predicted octanol–water partition coefficient (Wildman–Crippen LogP) is 4.29. The Kier molecular flexibility index (Phi) is 5.45. The summed E-state index contributed by atoms with van der Waals surface area (Å²) < 4.78 is 6.93. The molecule has 0 bridgehead atoms. The minimum Gasteiger partial charge on any atom is -0.478 e. The molecule has 0 saturated carbocycles. The quantitative estimate of drug-likeness (QED) is 0.749. The molecule has 22 heavy (non-hydrogen) atoms. The van der Waals surface area contributed by atoms with Gasteiger partial charge in [-0.1, -0.05) is 18.2 Å². The molecule has 0 amide bonds. The topological polar surface area (TPSA) is 46.5 Å². The number of halogens is 1. The van der Waals surface area contributed by atoms with Crippen molar-refractivity contribution in [2.75, 3.05) is 0 Å². The second kappa shape index (κ2) is 7.13. The van der Waals surface area contributed by atoms with Gasteiger partial charge in [0, 0.05) is 9.99 Å². The average molecular weight is 410 g/mol. The largest absolute Gasteiger partial charge is 0.478 e. The van der Waals surface area contributed by atoms with Crippen LogP contribution >= 0.6 is 22.6 Å². The van der Waals surface area contributed by atoms with E-state index < -0.39 is 12.1 Å². The van der Waals surface area contributed by atoms with Crippen molar-refractivity contribution < 1.29 is 14.6 Å². The Bertz CT molecular complexity index is 677. The molecule has 2 rings (SSSR count). The first kappa shape index (κ1) is 16.8. The molecule has 0 fully saturated rings. The van der Waals surface area contributed by atoms with Gasteiger partial charge in [0.2, 0.25) is 0 Å². The van der Waals surface area contributed by atoms with E-state index in [4.69, 9.17) is 4.74 Å². The molecule has 0 aliphatic heterocycles. The van der Waals surface area contributed by atoms with Crippen molar-refractivity contribution in [2.24, 2.45) is 0 Å². The standard InChI is InChI=1S/C18H19IO3/c1-11-8-12(2)13(3)16(9-11)22-17(18(20)21)10-14-4-6-15(19)7-5-14/h4-9,17H,10H2,1-3H3,(H,20,21)/t17-/m0/s1. The van der Waals surface area contributed by atoms with E-state index in [0.29, 0.717) is 12.2 Å². The summed E-state index contributed by atoms with van der Waals surface area (Å²) in [6.07, 6.45) is -0.543. The van der Waals surface area contributed by atoms with Crippen molar-refractivity contribution in [1.82, 2.24) is 0 Å². The number of rotatable bonds is 5. The fourth-order valence-corrected chi connectivity index (χ4v) is 2.65. The SMILES string of the molecule is Cc1cc(C)c(C)c(O[C@@H](Cc2ccc(I)cc2)C(=O)O)c1. The maximum absolute atomic E-state index is 11.5. The highest BCUT2D eigenvalue weighted by atomic mass is 127. The summed E-state index contributed by atoms with van der Waals surface area (Å²) in [5, 5.41) is 9.45. The summed E-state index contributed by atoms with van der Waals surface area (Å²) >= 11 is 2.23. The van der Waals surface area contributed by atoms with Gasteiger partial charge < -0.3 is 9.84 Å². The molecule has 2 aromatic carbocycles. The molecule has 0 saturated heterocycles. The van der Waals surface area contributed by atoms with Gasteiger partial charge in [-0.25, -0.2) is 4.79 Å². The van der Waals surface area contributed by atoms with Crippen LogP contribution in [0, 0.1) is 24.3 Å². The number of carbonyl (C=O) groups is 1. The highest BCUT2D eigenvalue weighted by Crippen LogP contribution is 2.25. The number of carboxylic acid groups (broad SMARTS) is 1. The lowest BCUT2D eigenvalue weighted by Gasteiger charge is -2.18. The Labute approximate surface area is 144 Å². The number of hydrogen-bond donors (Lipinski definition) is 1. The number of aliphatic carboxylic acids is 1. The van der Waals surface area contributed by atoms with E-state index >= 15 is 0 Å². The number of carboxylic acids is 1. The molecule has 3 nitrogen and oxygen atoms in total. The maximum atomic E-state index is 11.5. The lowest BCUT2D eigenvalue weighted by atomic mass is 10.0. The molecule has 116 valence electrons. The molecule has 0 aliphatic rings. The van der Waals surface area contributed by atoms with Gasteiger partial charge in [-0.05, 0) is 83.8 Å². The normalized spacial score (nSPS) is 12.0. The van der Waals surface area contributed by atoms with Gasteiger partial charge in [0.25, 0.3) is 0 Å².